The first-order valence-corrected chi connectivity index (χ1v) is 5.65. The number of hydrogen-bond acceptors (Lipinski definition) is 7. The lowest BCUT2D eigenvalue weighted by molar-refractivity contribution is 0.0940. The summed E-state index contributed by atoms with van der Waals surface area (Å²) in [7, 11) is 0. The Morgan fingerprint density at radius 2 is 1.53 bits per heavy atom. The van der Waals surface area contributed by atoms with Gasteiger partial charge in [-0.1, -0.05) is 0 Å². The number of benzene rings is 1. The number of nitrogen functional groups attached to an aromatic ring is 1. The van der Waals surface area contributed by atoms with Crippen molar-refractivity contribution in [2.75, 3.05) is 18.9 Å². The summed E-state index contributed by atoms with van der Waals surface area (Å²) in [5.74, 6) is -0.00722. The van der Waals surface area contributed by atoms with Crippen LogP contribution in [0.1, 0.15) is 13.8 Å². The summed E-state index contributed by atoms with van der Waals surface area (Å²) < 4.78 is 19.0. The zero-order chi connectivity index (χ0) is 14.3. The number of ether oxygens (including phenoxy) is 4. The number of carbonyl (C=O) groups excluding carboxylic acids is 2. The Balaban J connectivity index is 2.85. The van der Waals surface area contributed by atoms with Gasteiger partial charge < -0.3 is 24.7 Å². The fourth-order valence-electron chi connectivity index (χ4n) is 1.16. The average Bonchev–Trinajstić information content (AvgIpc) is 2.33. The molecule has 0 radical (unpaired) electrons. The molecule has 0 unspecified atom stereocenters. The van der Waals surface area contributed by atoms with Crippen molar-refractivity contribution >= 4 is 18.0 Å². The van der Waals surface area contributed by atoms with Gasteiger partial charge in [-0.15, -0.1) is 0 Å². The van der Waals surface area contributed by atoms with Crippen molar-refractivity contribution in [1.82, 2.24) is 0 Å². The summed E-state index contributed by atoms with van der Waals surface area (Å²) in [6, 6.07) is 4.22. The molecule has 0 saturated carbocycles. The average molecular weight is 269 g/mol. The molecule has 19 heavy (non-hydrogen) atoms. The maximum atomic E-state index is 11.2. The molecule has 1 rings (SSSR count). The van der Waals surface area contributed by atoms with Crippen LogP contribution < -0.4 is 15.2 Å². The van der Waals surface area contributed by atoms with Gasteiger partial charge in [0, 0.05) is 11.8 Å². The summed E-state index contributed by atoms with van der Waals surface area (Å²) in [5, 5.41) is 0. The highest BCUT2D eigenvalue weighted by Gasteiger charge is 2.15. The molecular weight excluding hydrogens is 254 g/mol. The maximum absolute atomic E-state index is 11.2. The fraction of sp³-hybridized carbons (Fsp3) is 0.333. The Hall–Kier alpha value is -2.44. The normalized spacial score (nSPS) is 9.58. The molecule has 7 nitrogen and oxygen atoms in total. The highest BCUT2D eigenvalue weighted by atomic mass is 16.7. The zero-order valence-electron chi connectivity index (χ0n) is 10.7. The Labute approximate surface area is 110 Å². The van der Waals surface area contributed by atoms with Crippen LogP contribution in [0, 0.1) is 0 Å². The molecule has 0 bridgehead atoms. The minimum Gasteiger partial charge on any atom is -0.434 e. The SMILES string of the molecule is CCOC(=O)Oc1ccc(N)cc1OC(=O)OCC. The van der Waals surface area contributed by atoms with Crippen LogP contribution in [0.15, 0.2) is 18.2 Å². The third-order valence-corrected chi connectivity index (χ3v) is 1.88. The minimum atomic E-state index is -0.915. The smallest absolute Gasteiger partial charge is 0.434 e. The van der Waals surface area contributed by atoms with Gasteiger partial charge in [-0.25, -0.2) is 9.59 Å². The molecule has 0 aliphatic carbocycles. The fourth-order valence-corrected chi connectivity index (χ4v) is 1.16. The highest BCUT2D eigenvalue weighted by molar-refractivity contribution is 5.70. The molecule has 0 aliphatic heterocycles. The van der Waals surface area contributed by atoms with Gasteiger partial charge in [0.25, 0.3) is 0 Å². The van der Waals surface area contributed by atoms with Crippen molar-refractivity contribution in [3.8, 4) is 11.5 Å². The minimum absolute atomic E-state index is 0.0145. The van der Waals surface area contributed by atoms with Crippen molar-refractivity contribution in [3.05, 3.63) is 18.2 Å². The van der Waals surface area contributed by atoms with Crippen LogP contribution in [0.25, 0.3) is 0 Å². The lowest BCUT2D eigenvalue weighted by atomic mass is 10.3. The third kappa shape index (κ3) is 4.74. The van der Waals surface area contributed by atoms with Gasteiger partial charge in [0.2, 0.25) is 0 Å². The Morgan fingerprint density at radius 3 is 2.05 bits per heavy atom. The van der Waals surface area contributed by atoms with E-state index in [1.165, 1.54) is 18.2 Å². The molecule has 0 aromatic heterocycles. The lowest BCUT2D eigenvalue weighted by Crippen LogP contribution is -2.14. The monoisotopic (exact) mass is 269 g/mol. The van der Waals surface area contributed by atoms with Gasteiger partial charge >= 0.3 is 12.3 Å². The first-order chi connectivity index (χ1) is 9.06. The highest BCUT2D eigenvalue weighted by Crippen LogP contribution is 2.30. The predicted molar refractivity (Wildman–Crippen MR) is 66.2 cm³/mol. The molecule has 0 amide bonds. The van der Waals surface area contributed by atoms with E-state index >= 15 is 0 Å². The summed E-state index contributed by atoms with van der Waals surface area (Å²) >= 11 is 0. The third-order valence-electron chi connectivity index (χ3n) is 1.88. The number of nitrogens with two attached hydrogens (primary N) is 1. The summed E-state index contributed by atoms with van der Waals surface area (Å²) in [5.41, 5.74) is 5.91. The van der Waals surface area contributed by atoms with Crippen LogP contribution in [-0.2, 0) is 9.47 Å². The summed E-state index contributed by atoms with van der Waals surface area (Å²) in [6.07, 6.45) is -1.82. The molecule has 0 fully saturated rings. The van der Waals surface area contributed by atoms with Crippen molar-refractivity contribution in [1.29, 1.82) is 0 Å². The van der Waals surface area contributed by atoms with Crippen molar-refractivity contribution in [3.63, 3.8) is 0 Å². The first kappa shape index (κ1) is 14.6. The van der Waals surface area contributed by atoms with Crippen LogP contribution in [0.2, 0.25) is 0 Å². The molecule has 0 heterocycles. The van der Waals surface area contributed by atoms with E-state index in [-0.39, 0.29) is 24.7 Å². The molecule has 1 aromatic rings. The van der Waals surface area contributed by atoms with Crippen molar-refractivity contribution in [2.24, 2.45) is 0 Å². The molecule has 104 valence electrons. The topological polar surface area (TPSA) is 97.1 Å². The van der Waals surface area contributed by atoms with Crippen LogP contribution in [0.5, 0.6) is 11.5 Å². The van der Waals surface area contributed by atoms with Gasteiger partial charge in [0.05, 0.1) is 13.2 Å². The Bertz CT molecular complexity index is 460. The summed E-state index contributed by atoms with van der Waals surface area (Å²) in [4.78, 5) is 22.4. The second kappa shape index (κ2) is 7.10. The van der Waals surface area contributed by atoms with Gasteiger partial charge in [-0.3, -0.25) is 0 Å². The van der Waals surface area contributed by atoms with E-state index in [1.807, 2.05) is 0 Å². The van der Waals surface area contributed by atoms with E-state index in [2.05, 4.69) is 9.47 Å². The Kier molecular flexibility index (Phi) is 5.46. The van der Waals surface area contributed by atoms with Crippen LogP contribution >= 0.6 is 0 Å². The lowest BCUT2D eigenvalue weighted by Gasteiger charge is -2.10. The second-order valence-electron chi connectivity index (χ2n) is 3.28. The number of anilines is 1. The molecule has 1 aromatic carbocycles. The molecule has 0 atom stereocenters. The van der Waals surface area contributed by atoms with E-state index < -0.39 is 12.3 Å². The van der Waals surface area contributed by atoms with Gasteiger partial charge in [0.1, 0.15) is 0 Å². The quantitative estimate of drug-likeness (QED) is 0.509. The van der Waals surface area contributed by atoms with E-state index in [9.17, 15) is 9.59 Å². The van der Waals surface area contributed by atoms with E-state index in [1.54, 1.807) is 13.8 Å². The molecule has 2 N–H and O–H groups in total. The summed E-state index contributed by atoms with van der Waals surface area (Å²) in [6.45, 7) is 3.61. The van der Waals surface area contributed by atoms with Crippen LogP contribution in [-0.4, -0.2) is 25.5 Å². The maximum Gasteiger partial charge on any atom is 0.513 e. The van der Waals surface area contributed by atoms with Gasteiger partial charge in [0.15, 0.2) is 11.5 Å². The van der Waals surface area contributed by atoms with Gasteiger partial charge in [-0.2, -0.15) is 0 Å². The molecule has 7 heteroatoms. The number of carbonyl (C=O) groups is 2. The number of hydrogen-bond donors (Lipinski definition) is 1. The van der Waals surface area contributed by atoms with Crippen molar-refractivity contribution < 1.29 is 28.5 Å². The largest absolute Gasteiger partial charge is 0.513 e. The molecule has 0 aliphatic rings. The standard InChI is InChI=1S/C12H15NO6/c1-3-16-11(14)18-9-6-5-8(13)7-10(9)19-12(15)17-4-2/h5-7H,3-4,13H2,1-2H3. The second-order valence-corrected chi connectivity index (χ2v) is 3.28. The van der Waals surface area contributed by atoms with E-state index in [0.717, 1.165) is 0 Å². The van der Waals surface area contributed by atoms with Crippen LogP contribution in [0.4, 0.5) is 15.3 Å². The molecular formula is C12H15NO6. The predicted octanol–water partition coefficient (Wildman–Crippen LogP) is 2.34. The van der Waals surface area contributed by atoms with E-state index in [4.69, 9.17) is 15.2 Å². The van der Waals surface area contributed by atoms with Gasteiger partial charge in [-0.05, 0) is 26.0 Å². The van der Waals surface area contributed by atoms with Crippen LogP contribution in [0.3, 0.4) is 0 Å². The number of rotatable bonds is 4. The van der Waals surface area contributed by atoms with E-state index in [0.29, 0.717) is 5.69 Å². The zero-order valence-corrected chi connectivity index (χ0v) is 10.7. The van der Waals surface area contributed by atoms with Crippen molar-refractivity contribution in [2.45, 2.75) is 13.8 Å². The molecule has 0 saturated heterocycles. The molecule has 0 spiro atoms. The Morgan fingerprint density at radius 1 is 1.00 bits per heavy atom. The first-order valence-electron chi connectivity index (χ1n) is 5.65.